The molecule has 0 bridgehead atoms. The number of imidazole rings is 1. The molecule has 3 aromatic rings. The monoisotopic (exact) mass is 377 g/mol. The van der Waals surface area contributed by atoms with Crippen LogP contribution in [0.15, 0.2) is 36.7 Å². The van der Waals surface area contributed by atoms with Crippen molar-refractivity contribution in [3.05, 3.63) is 47.2 Å². The number of rotatable bonds is 5. The van der Waals surface area contributed by atoms with Gasteiger partial charge >= 0.3 is 0 Å². The van der Waals surface area contributed by atoms with Crippen LogP contribution in [0.1, 0.15) is 25.3 Å². The van der Waals surface area contributed by atoms with Crippen molar-refractivity contribution in [2.45, 2.75) is 38.2 Å². The summed E-state index contributed by atoms with van der Waals surface area (Å²) in [6.07, 6.45) is 0.661. The van der Waals surface area contributed by atoms with E-state index in [1.807, 2.05) is 13.0 Å². The molecule has 0 spiro atoms. The van der Waals surface area contributed by atoms with Gasteiger partial charge in [-0.3, -0.25) is 0 Å². The number of aromatic nitrogens is 2. The van der Waals surface area contributed by atoms with Gasteiger partial charge in [-0.25, -0.2) is 13.8 Å². The molecule has 0 saturated heterocycles. The SMILES string of the molecule is CCc1cc(N)cc(Cl)c1Oc1ccc2ncn(C3(C(F)F)CC3)c2c1. The number of alkyl halides is 2. The predicted octanol–water partition coefficient (Wildman–Crippen LogP) is 5.38. The second-order valence-corrected chi connectivity index (χ2v) is 7.02. The van der Waals surface area contributed by atoms with E-state index in [4.69, 9.17) is 22.1 Å². The summed E-state index contributed by atoms with van der Waals surface area (Å²) >= 11 is 6.29. The van der Waals surface area contributed by atoms with E-state index < -0.39 is 12.0 Å². The summed E-state index contributed by atoms with van der Waals surface area (Å²) in [5.41, 5.74) is 7.44. The minimum absolute atomic E-state index is 0.418. The largest absolute Gasteiger partial charge is 0.455 e. The van der Waals surface area contributed by atoms with Crippen LogP contribution in [0.25, 0.3) is 11.0 Å². The smallest absolute Gasteiger partial charge is 0.261 e. The average molecular weight is 378 g/mol. The standard InChI is InChI=1S/C19H18ClF2N3O/c1-2-11-7-12(23)8-14(20)17(11)26-13-3-4-15-16(9-13)25(10-24-15)19(5-6-19)18(21)22/h3-4,7-10,18H,2,5-6,23H2,1H3. The first-order valence-corrected chi connectivity index (χ1v) is 8.84. The maximum atomic E-state index is 13.5. The Morgan fingerprint density at radius 1 is 1.31 bits per heavy atom. The zero-order chi connectivity index (χ0) is 18.5. The van der Waals surface area contributed by atoms with Gasteiger partial charge in [0.25, 0.3) is 6.43 Å². The van der Waals surface area contributed by atoms with Crippen molar-refractivity contribution in [1.29, 1.82) is 0 Å². The number of benzene rings is 2. The van der Waals surface area contributed by atoms with E-state index in [0.717, 1.165) is 5.56 Å². The number of anilines is 1. The summed E-state index contributed by atoms with van der Waals surface area (Å²) < 4.78 is 34.6. The Morgan fingerprint density at radius 2 is 2.08 bits per heavy atom. The number of hydrogen-bond donors (Lipinski definition) is 1. The molecule has 0 amide bonds. The fraction of sp³-hybridized carbons (Fsp3) is 0.316. The topological polar surface area (TPSA) is 53.1 Å². The number of aryl methyl sites for hydroxylation is 1. The van der Waals surface area contributed by atoms with E-state index in [9.17, 15) is 8.78 Å². The third kappa shape index (κ3) is 2.69. The molecule has 1 aliphatic carbocycles. The Morgan fingerprint density at radius 3 is 2.73 bits per heavy atom. The first-order chi connectivity index (χ1) is 12.4. The average Bonchev–Trinajstić information content (AvgIpc) is 3.31. The lowest BCUT2D eigenvalue weighted by Crippen LogP contribution is -2.24. The molecule has 4 nitrogen and oxygen atoms in total. The van der Waals surface area contributed by atoms with E-state index >= 15 is 0 Å². The molecule has 1 saturated carbocycles. The zero-order valence-corrected chi connectivity index (χ0v) is 14.9. The van der Waals surface area contributed by atoms with Crippen molar-refractivity contribution in [2.24, 2.45) is 0 Å². The van der Waals surface area contributed by atoms with Crippen LogP contribution in [0.5, 0.6) is 11.5 Å². The lowest BCUT2D eigenvalue weighted by Gasteiger charge is -2.17. The fourth-order valence-electron chi connectivity index (χ4n) is 3.27. The molecule has 7 heteroatoms. The van der Waals surface area contributed by atoms with Crippen molar-refractivity contribution < 1.29 is 13.5 Å². The summed E-state index contributed by atoms with van der Waals surface area (Å²) in [6.45, 7) is 1.98. The quantitative estimate of drug-likeness (QED) is 0.607. The lowest BCUT2D eigenvalue weighted by molar-refractivity contribution is 0.0691. The molecule has 26 heavy (non-hydrogen) atoms. The van der Waals surface area contributed by atoms with Crippen LogP contribution in [-0.4, -0.2) is 16.0 Å². The molecule has 2 N–H and O–H groups in total. The summed E-state index contributed by atoms with van der Waals surface area (Å²) in [7, 11) is 0. The molecule has 2 aromatic carbocycles. The molecule has 0 unspecified atom stereocenters. The van der Waals surface area contributed by atoms with Gasteiger partial charge in [0.15, 0.2) is 0 Å². The molecule has 0 aliphatic heterocycles. The van der Waals surface area contributed by atoms with Crippen molar-refractivity contribution in [1.82, 2.24) is 9.55 Å². The van der Waals surface area contributed by atoms with Crippen molar-refractivity contribution in [3.8, 4) is 11.5 Å². The number of hydrogen-bond acceptors (Lipinski definition) is 3. The van der Waals surface area contributed by atoms with E-state index in [-0.39, 0.29) is 0 Å². The number of nitrogen functional groups attached to an aromatic ring is 1. The van der Waals surface area contributed by atoms with Crippen LogP contribution >= 0.6 is 11.6 Å². The molecule has 136 valence electrons. The molecule has 0 atom stereocenters. The predicted molar refractivity (Wildman–Crippen MR) is 98.3 cm³/mol. The zero-order valence-electron chi connectivity index (χ0n) is 14.2. The molecule has 1 aromatic heterocycles. The van der Waals surface area contributed by atoms with Gasteiger partial charge in [0, 0.05) is 11.8 Å². The molecular formula is C19H18ClF2N3O. The van der Waals surface area contributed by atoms with Crippen LogP contribution in [0.4, 0.5) is 14.5 Å². The maximum absolute atomic E-state index is 13.5. The van der Waals surface area contributed by atoms with Gasteiger partial charge in [-0.15, -0.1) is 0 Å². The summed E-state index contributed by atoms with van der Waals surface area (Å²) in [6, 6.07) is 8.71. The highest BCUT2D eigenvalue weighted by atomic mass is 35.5. The lowest BCUT2D eigenvalue weighted by atomic mass is 10.1. The molecule has 1 heterocycles. The van der Waals surface area contributed by atoms with Crippen molar-refractivity contribution in [3.63, 3.8) is 0 Å². The van der Waals surface area contributed by atoms with E-state index in [0.29, 0.717) is 52.5 Å². The Bertz CT molecular complexity index is 982. The van der Waals surface area contributed by atoms with Gasteiger partial charge in [0.05, 0.1) is 22.4 Å². The number of nitrogens with two attached hydrogens (primary N) is 1. The van der Waals surface area contributed by atoms with Crippen LogP contribution in [-0.2, 0) is 12.0 Å². The Balaban J connectivity index is 1.75. The molecule has 4 rings (SSSR count). The minimum atomic E-state index is -2.43. The Kier molecular flexibility index (Phi) is 4.03. The van der Waals surface area contributed by atoms with Crippen LogP contribution in [0.3, 0.4) is 0 Å². The molecule has 1 fully saturated rings. The van der Waals surface area contributed by atoms with Crippen LogP contribution in [0.2, 0.25) is 5.02 Å². The number of halogens is 3. The first kappa shape index (κ1) is 17.1. The number of ether oxygens (including phenoxy) is 1. The maximum Gasteiger partial charge on any atom is 0.261 e. The molecular weight excluding hydrogens is 360 g/mol. The second-order valence-electron chi connectivity index (χ2n) is 6.62. The third-order valence-corrected chi connectivity index (χ3v) is 5.19. The second kappa shape index (κ2) is 6.13. The highest BCUT2D eigenvalue weighted by molar-refractivity contribution is 6.32. The van der Waals surface area contributed by atoms with Gasteiger partial charge in [0.1, 0.15) is 17.0 Å². The van der Waals surface area contributed by atoms with Crippen molar-refractivity contribution in [2.75, 3.05) is 5.73 Å². The Labute approximate surface area is 154 Å². The fourth-order valence-corrected chi connectivity index (χ4v) is 3.55. The van der Waals surface area contributed by atoms with Crippen LogP contribution < -0.4 is 10.5 Å². The normalized spacial score (nSPS) is 15.6. The number of nitrogens with zero attached hydrogens (tertiary/aromatic N) is 2. The number of fused-ring (bicyclic) bond motifs is 1. The minimum Gasteiger partial charge on any atom is -0.455 e. The van der Waals surface area contributed by atoms with Crippen molar-refractivity contribution >= 4 is 28.3 Å². The van der Waals surface area contributed by atoms with Gasteiger partial charge in [0.2, 0.25) is 0 Å². The van der Waals surface area contributed by atoms with E-state index in [1.54, 1.807) is 28.8 Å². The van der Waals surface area contributed by atoms with Gasteiger partial charge in [-0.2, -0.15) is 0 Å². The Hall–Kier alpha value is -2.34. The summed E-state index contributed by atoms with van der Waals surface area (Å²) in [4.78, 5) is 4.25. The van der Waals surface area contributed by atoms with Gasteiger partial charge in [-0.05, 0) is 49.1 Å². The van der Waals surface area contributed by atoms with Gasteiger partial charge in [-0.1, -0.05) is 18.5 Å². The highest BCUT2D eigenvalue weighted by Crippen LogP contribution is 2.50. The first-order valence-electron chi connectivity index (χ1n) is 8.46. The van der Waals surface area contributed by atoms with Gasteiger partial charge < -0.3 is 15.0 Å². The van der Waals surface area contributed by atoms with Crippen LogP contribution in [0, 0.1) is 0 Å². The summed E-state index contributed by atoms with van der Waals surface area (Å²) in [5, 5.41) is 0.418. The summed E-state index contributed by atoms with van der Waals surface area (Å²) in [5.74, 6) is 1.05. The third-order valence-electron chi connectivity index (χ3n) is 4.91. The van der Waals surface area contributed by atoms with E-state index in [1.165, 1.54) is 6.33 Å². The molecule has 1 aliphatic rings. The van der Waals surface area contributed by atoms with E-state index in [2.05, 4.69) is 4.98 Å². The highest BCUT2D eigenvalue weighted by Gasteiger charge is 2.53. The molecule has 0 radical (unpaired) electrons.